The monoisotopic (exact) mass is 207 g/mol. The summed E-state index contributed by atoms with van der Waals surface area (Å²) in [5.41, 5.74) is 2.42. The van der Waals surface area contributed by atoms with E-state index < -0.39 is 0 Å². The fourth-order valence-electron chi connectivity index (χ4n) is 2.39. The van der Waals surface area contributed by atoms with Crippen molar-refractivity contribution >= 4 is 0 Å². The van der Waals surface area contributed by atoms with Crippen molar-refractivity contribution in [3.63, 3.8) is 0 Å². The molecule has 3 heteroatoms. The lowest BCUT2D eigenvalue weighted by molar-refractivity contribution is 0.478. The van der Waals surface area contributed by atoms with Crippen LogP contribution in [0.3, 0.4) is 0 Å². The molecule has 1 aromatic heterocycles. The van der Waals surface area contributed by atoms with Crippen molar-refractivity contribution < 1.29 is 0 Å². The van der Waals surface area contributed by atoms with Crippen LogP contribution >= 0.6 is 0 Å². The van der Waals surface area contributed by atoms with Crippen LogP contribution in [0.2, 0.25) is 0 Å². The van der Waals surface area contributed by atoms with E-state index in [2.05, 4.69) is 35.0 Å². The zero-order valence-corrected chi connectivity index (χ0v) is 9.79. The van der Waals surface area contributed by atoms with Gasteiger partial charge in [-0.3, -0.25) is 4.68 Å². The fraction of sp³-hybridized carbons (Fsp3) is 0.750. The van der Waals surface area contributed by atoms with Crippen LogP contribution in [0.4, 0.5) is 0 Å². The molecule has 0 amide bonds. The molecule has 0 aliphatic carbocycles. The lowest BCUT2D eigenvalue weighted by atomic mass is 10.1. The highest BCUT2D eigenvalue weighted by Gasteiger charge is 2.13. The zero-order valence-electron chi connectivity index (χ0n) is 9.79. The summed E-state index contributed by atoms with van der Waals surface area (Å²) in [7, 11) is 0. The molecule has 0 aromatic carbocycles. The van der Waals surface area contributed by atoms with E-state index in [1.165, 1.54) is 37.9 Å². The molecule has 1 aliphatic heterocycles. The maximum Gasteiger partial charge on any atom is 0.0596 e. The Kier molecular flexibility index (Phi) is 3.41. The molecule has 1 aromatic rings. The minimum atomic E-state index is 0.766. The van der Waals surface area contributed by atoms with Gasteiger partial charge < -0.3 is 5.32 Å². The third-order valence-corrected chi connectivity index (χ3v) is 3.19. The Bertz CT molecular complexity index is 311. The minimum Gasteiger partial charge on any atom is -0.314 e. The van der Waals surface area contributed by atoms with Crippen LogP contribution in [0.15, 0.2) is 6.07 Å². The average molecular weight is 207 g/mol. The molecule has 1 atom stereocenters. The van der Waals surface area contributed by atoms with Gasteiger partial charge in [-0.05, 0) is 52.1 Å². The van der Waals surface area contributed by atoms with E-state index in [1.807, 2.05) is 0 Å². The Hall–Kier alpha value is -0.830. The summed E-state index contributed by atoms with van der Waals surface area (Å²) in [4.78, 5) is 0. The predicted octanol–water partition coefficient (Wildman–Crippen LogP) is 2.03. The maximum absolute atomic E-state index is 4.47. The van der Waals surface area contributed by atoms with Gasteiger partial charge in [0.25, 0.3) is 0 Å². The van der Waals surface area contributed by atoms with E-state index in [-0.39, 0.29) is 0 Å². The molecular weight excluding hydrogens is 186 g/mol. The van der Waals surface area contributed by atoms with Crippen LogP contribution in [0.25, 0.3) is 0 Å². The maximum atomic E-state index is 4.47. The summed E-state index contributed by atoms with van der Waals surface area (Å²) in [6.45, 7) is 6.47. The standard InChI is InChI=1S/C12H21N3/c1-10-9-11(2)15(14-10)8-4-6-12-5-3-7-13-12/h9,12-13H,3-8H2,1-2H3. The molecule has 15 heavy (non-hydrogen) atoms. The topological polar surface area (TPSA) is 29.9 Å². The third-order valence-electron chi connectivity index (χ3n) is 3.19. The zero-order chi connectivity index (χ0) is 10.7. The minimum absolute atomic E-state index is 0.766. The van der Waals surface area contributed by atoms with E-state index in [9.17, 15) is 0 Å². The quantitative estimate of drug-likeness (QED) is 0.818. The van der Waals surface area contributed by atoms with Gasteiger partial charge in [0.2, 0.25) is 0 Å². The fourth-order valence-corrected chi connectivity index (χ4v) is 2.39. The number of hydrogen-bond acceptors (Lipinski definition) is 2. The van der Waals surface area contributed by atoms with Gasteiger partial charge in [-0.2, -0.15) is 5.10 Å². The molecule has 0 saturated carbocycles. The molecule has 0 radical (unpaired) electrons. The predicted molar refractivity (Wildman–Crippen MR) is 62.0 cm³/mol. The first kappa shape index (κ1) is 10.7. The van der Waals surface area contributed by atoms with Crippen molar-refractivity contribution in [3.8, 4) is 0 Å². The highest BCUT2D eigenvalue weighted by Crippen LogP contribution is 2.12. The van der Waals surface area contributed by atoms with Crippen molar-refractivity contribution in [1.29, 1.82) is 0 Å². The normalized spacial score (nSPS) is 21.1. The highest BCUT2D eigenvalue weighted by molar-refractivity contribution is 5.06. The van der Waals surface area contributed by atoms with Crippen molar-refractivity contribution in [2.24, 2.45) is 0 Å². The number of nitrogens with zero attached hydrogens (tertiary/aromatic N) is 2. The Morgan fingerprint density at radius 3 is 3.00 bits per heavy atom. The van der Waals surface area contributed by atoms with E-state index in [0.29, 0.717) is 0 Å². The lowest BCUT2D eigenvalue weighted by Crippen LogP contribution is -2.21. The summed E-state index contributed by atoms with van der Waals surface area (Å²) < 4.78 is 2.13. The van der Waals surface area contributed by atoms with Crippen LogP contribution in [0, 0.1) is 13.8 Å². The Labute approximate surface area is 91.9 Å². The summed E-state index contributed by atoms with van der Waals surface area (Å²) in [6.07, 6.45) is 5.24. The van der Waals surface area contributed by atoms with Gasteiger partial charge in [0, 0.05) is 18.3 Å². The molecule has 1 saturated heterocycles. The first-order valence-corrected chi connectivity index (χ1v) is 6.00. The molecule has 1 fully saturated rings. The summed E-state index contributed by atoms with van der Waals surface area (Å²) in [6, 6.07) is 2.91. The average Bonchev–Trinajstić information content (AvgIpc) is 2.77. The van der Waals surface area contributed by atoms with Crippen molar-refractivity contribution in [3.05, 3.63) is 17.5 Å². The first-order valence-electron chi connectivity index (χ1n) is 6.00. The molecule has 2 heterocycles. The number of nitrogens with one attached hydrogen (secondary N) is 1. The highest BCUT2D eigenvalue weighted by atomic mass is 15.3. The van der Waals surface area contributed by atoms with E-state index in [0.717, 1.165) is 18.3 Å². The Balaban J connectivity index is 1.75. The molecule has 0 spiro atoms. The second-order valence-corrected chi connectivity index (χ2v) is 4.59. The van der Waals surface area contributed by atoms with Crippen molar-refractivity contribution in [2.75, 3.05) is 6.54 Å². The molecule has 1 unspecified atom stereocenters. The van der Waals surface area contributed by atoms with Crippen molar-refractivity contribution in [1.82, 2.24) is 15.1 Å². The molecule has 84 valence electrons. The van der Waals surface area contributed by atoms with Crippen LogP contribution in [0.5, 0.6) is 0 Å². The van der Waals surface area contributed by atoms with E-state index >= 15 is 0 Å². The van der Waals surface area contributed by atoms with Gasteiger partial charge in [0.1, 0.15) is 0 Å². The van der Waals surface area contributed by atoms with Crippen LogP contribution in [-0.2, 0) is 6.54 Å². The summed E-state index contributed by atoms with van der Waals surface area (Å²) >= 11 is 0. The molecule has 1 N–H and O–H groups in total. The second-order valence-electron chi connectivity index (χ2n) is 4.59. The van der Waals surface area contributed by atoms with Crippen LogP contribution in [0.1, 0.15) is 37.1 Å². The molecular formula is C12H21N3. The van der Waals surface area contributed by atoms with Crippen LogP contribution in [-0.4, -0.2) is 22.4 Å². The second kappa shape index (κ2) is 4.79. The number of aryl methyl sites for hydroxylation is 3. The first-order chi connectivity index (χ1) is 7.25. The number of rotatable bonds is 4. The van der Waals surface area contributed by atoms with E-state index in [4.69, 9.17) is 0 Å². The molecule has 3 nitrogen and oxygen atoms in total. The number of aromatic nitrogens is 2. The number of hydrogen-bond donors (Lipinski definition) is 1. The largest absolute Gasteiger partial charge is 0.314 e. The molecule has 0 bridgehead atoms. The third kappa shape index (κ3) is 2.81. The van der Waals surface area contributed by atoms with Gasteiger partial charge in [-0.25, -0.2) is 0 Å². The van der Waals surface area contributed by atoms with Gasteiger partial charge in [-0.1, -0.05) is 0 Å². The van der Waals surface area contributed by atoms with Gasteiger partial charge >= 0.3 is 0 Å². The summed E-state index contributed by atoms with van der Waals surface area (Å²) in [5, 5.41) is 8.00. The van der Waals surface area contributed by atoms with Gasteiger partial charge in [-0.15, -0.1) is 0 Å². The lowest BCUT2D eigenvalue weighted by Gasteiger charge is -2.10. The molecule has 1 aliphatic rings. The SMILES string of the molecule is Cc1cc(C)n(CCCC2CCCN2)n1. The van der Waals surface area contributed by atoms with Crippen molar-refractivity contribution in [2.45, 2.75) is 52.1 Å². The van der Waals surface area contributed by atoms with Crippen LogP contribution < -0.4 is 5.32 Å². The van der Waals surface area contributed by atoms with Gasteiger partial charge in [0.15, 0.2) is 0 Å². The smallest absolute Gasteiger partial charge is 0.0596 e. The Morgan fingerprint density at radius 1 is 1.53 bits per heavy atom. The Morgan fingerprint density at radius 2 is 2.40 bits per heavy atom. The van der Waals surface area contributed by atoms with E-state index in [1.54, 1.807) is 0 Å². The van der Waals surface area contributed by atoms with Gasteiger partial charge in [0.05, 0.1) is 5.69 Å². The summed E-state index contributed by atoms with van der Waals surface area (Å²) in [5.74, 6) is 0. The molecule has 2 rings (SSSR count).